The second kappa shape index (κ2) is 9.26. The van der Waals surface area contributed by atoms with Gasteiger partial charge in [-0.05, 0) is 29.8 Å². The van der Waals surface area contributed by atoms with Crippen LogP contribution >= 0.6 is 0 Å². The first kappa shape index (κ1) is 23.2. The number of nitrogens with one attached hydrogen (secondary N) is 4. The Kier molecular flexibility index (Phi) is 5.82. The lowest BCUT2D eigenvalue weighted by Gasteiger charge is -2.09. The number of carbonyl (C=O) groups is 2. The van der Waals surface area contributed by atoms with Crippen LogP contribution in [0, 0.1) is 20.2 Å². The minimum Gasteiger partial charge on any atom is -0.360 e. The van der Waals surface area contributed by atoms with Crippen LogP contribution in [0.15, 0.2) is 73.1 Å². The molecule has 3 aromatic carbocycles. The molecule has 12 nitrogen and oxygen atoms in total. The van der Waals surface area contributed by atoms with Crippen molar-refractivity contribution in [1.29, 1.82) is 0 Å². The number of benzene rings is 3. The third-order valence-corrected chi connectivity index (χ3v) is 5.88. The highest BCUT2D eigenvalue weighted by Crippen LogP contribution is 2.25. The summed E-state index contributed by atoms with van der Waals surface area (Å²) in [5, 5.41) is 28.6. The van der Waals surface area contributed by atoms with Gasteiger partial charge in [0.25, 0.3) is 23.2 Å². The first-order chi connectivity index (χ1) is 17.8. The molecule has 0 radical (unpaired) electrons. The van der Waals surface area contributed by atoms with Crippen LogP contribution in [0.1, 0.15) is 26.3 Å². The Balaban J connectivity index is 1.29. The van der Waals surface area contributed by atoms with Crippen molar-refractivity contribution in [3.63, 3.8) is 0 Å². The molecular formula is C25H18N6O6. The van der Waals surface area contributed by atoms with Gasteiger partial charge in [-0.25, -0.2) is 0 Å². The Morgan fingerprint density at radius 3 is 1.89 bits per heavy atom. The quantitative estimate of drug-likeness (QED) is 0.187. The minimum absolute atomic E-state index is 0.116. The molecule has 184 valence electrons. The van der Waals surface area contributed by atoms with E-state index in [1.165, 1.54) is 36.7 Å². The van der Waals surface area contributed by atoms with E-state index in [-0.39, 0.29) is 29.0 Å². The maximum Gasteiger partial charge on any atom is 0.270 e. The van der Waals surface area contributed by atoms with Crippen LogP contribution in [-0.2, 0) is 6.54 Å². The van der Waals surface area contributed by atoms with Crippen molar-refractivity contribution >= 4 is 50.7 Å². The molecule has 0 fully saturated rings. The summed E-state index contributed by atoms with van der Waals surface area (Å²) in [6.07, 6.45) is 2.98. The lowest BCUT2D eigenvalue weighted by Crippen LogP contribution is -2.22. The van der Waals surface area contributed by atoms with Crippen LogP contribution in [0.5, 0.6) is 0 Å². The van der Waals surface area contributed by atoms with E-state index in [1.54, 1.807) is 36.4 Å². The normalized spacial score (nSPS) is 10.9. The molecule has 0 saturated heterocycles. The van der Waals surface area contributed by atoms with Crippen LogP contribution in [0.3, 0.4) is 0 Å². The highest BCUT2D eigenvalue weighted by Gasteiger charge is 2.17. The van der Waals surface area contributed by atoms with Gasteiger partial charge in [0.2, 0.25) is 0 Å². The maximum atomic E-state index is 12.9. The Hall–Kier alpha value is -5.52. The molecule has 0 bridgehead atoms. The van der Waals surface area contributed by atoms with E-state index in [0.717, 1.165) is 0 Å². The van der Waals surface area contributed by atoms with Crippen molar-refractivity contribution in [2.75, 3.05) is 5.32 Å². The minimum atomic E-state index is -0.524. The van der Waals surface area contributed by atoms with Gasteiger partial charge in [0.1, 0.15) is 0 Å². The third kappa shape index (κ3) is 4.58. The van der Waals surface area contributed by atoms with Crippen LogP contribution in [-0.4, -0.2) is 31.6 Å². The zero-order valence-electron chi connectivity index (χ0n) is 19.0. The van der Waals surface area contributed by atoms with Crippen molar-refractivity contribution in [3.05, 3.63) is 110 Å². The summed E-state index contributed by atoms with van der Waals surface area (Å²) in [5.41, 5.74) is 2.66. The summed E-state index contributed by atoms with van der Waals surface area (Å²) in [6, 6.07) is 15.3. The van der Waals surface area contributed by atoms with Crippen molar-refractivity contribution in [2.45, 2.75) is 6.54 Å². The summed E-state index contributed by atoms with van der Waals surface area (Å²) in [5.74, 6) is -0.866. The molecule has 0 aliphatic heterocycles. The largest absolute Gasteiger partial charge is 0.360 e. The summed E-state index contributed by atoms with van der Waals surface area (Å²) in [4.78, 5) is 52.7. The van der Waals surface area contributed by atoms with E-state index in [0.29, 0.717) is 33.1 Å². The average molecular weight is 498 g/mol. The monoisotopic (exact) mass is 498 g/mol. The van der Waals surface area contributed by atoms with Crippen molar-refractivity contribution in [3.8, 4) is 0 Å². The second-order valence-corrected chi connectivity index (χ2v) is 8.22. The molecule has 0 unspecified atom stereocenters. The predicted molar refractivity (Wildman–Crippen MR) is 135 cm³/mol. The van der Waals surface area contributed by atoms with Gasteiger partial charge in [0.15, 0.2) is 0 Å². The Morgan fingerprint density at radius 1 is 0.757 bits per heavy atom. The number of hydrogen-bond acceptors (Lipinski definition) is 6. The topological polar surface area (TPSA) is 176 Å². The molecule has 0 atom stereocenters. The second-order valence-electron chi connectivity index (χ2n) is 8.22. The average Bonchev–Trinajstić information content (AvgIpc) is 3.51. The fourth-order valence-corrected chi connectivity index (χ4v) is 4.06. The number of non-ortho nitro benzene ring substituents is 2. The van der Waals surface area contributed by atoms with Gasteiger partial charge in [-0.3, -0.25) is 29.8 Å². The molecule has 4 N–H and O–H groups in total. The molecule has 37 heavy (non-hydrogen) atoms. The molecule has 2 amide bonds. The van der Waals surface area contributed by atoms with E-state index < -0.39 is 21.7 Å². The standard InChI is InChI=1S/C25H18N6O6/c32-24(20-12-26-22-6-4-16(30(34)35)9-18(20)22)28-11-14-2-1-3-15(8-14)29-25(33)21-13-27-23-7-5-17(31(36)37)10-19(21)23/h1-10,12-13,26-27H,11H2,(H,28,32)(H,29,33). The lowest BCUT2D eigenvalue weighted by molar-refractivity contribution is -0.384. The van der Waals surface area contributed by atoms with Crippen molar-refractivity contribution in [1.82, 2.24) is 15.3 Å². The molecule has 0 aliphatic carbocycles. The number of nitro groups is 2. The molecule has 2 aromatic heterocycles. The van der Waals surface area contributed by atoms with E-state index in [9.17, 15) is 29.8 Å². The molecule has 0 spiro atoms. The van der Waals surface area contributed by atoms with Gasteiger partial charge in [-0.2, -0.15) is 0 Å². The van der Waals surface area contributed by atoms with Crippen LogP contribution in [0.2, 0.25) is 0 Å². The number of rotatable bonds is 7. The van der Waals surface area contributed by atoms with Gasteiger partial charge in [0.05, 0.1) is 21.0 Å². The Bertz CT molecular complexity index is 1720. The Labute approximate surface area is 207 Å². The summed E-state index contributed by atoms with van der Waals surface area (Å²) in [6.45, 7) is 0.142. The molecule has 0 aliphatic rings. The number of anilines is 1. The molecule has 2 heterocycles. The maximum absolute atomic E-state index is 12.9. The van der Waals surface area contributed by atoms with Crippen molar-refractivity contribution in [2.24, 2.45) is 0 Å². The first-order valence-corrected chi connectivity index (χ1v) is 11.0. The van der Waals surface area contributed by atoms with E-state index in [1.807, 2.05) is 0 Å². The van der Waals surface area contributed by atoms with Crippen LogP contribution in [0.25, 0.3) is 21.8 Å². The van der Waals surface area contributed by atoms with Gasteiger partial charge in [-0.15, -0.1) is 0 Å². The SMILES string of the molecule is O=C(NCc1cccc(NC(=O)c2c[nH]c3ccc([N+](=O)[O-])cc23)c1)c1c[nH]c2ccc([N+](=O)[O-])cc12. The number of H-pyrrole nitrogens is 2. The number of fused-ring (bicyclic) bond motifs is 2. The number of amides is 2. The number of nitrogens with zero attached hydrogens (tertiary/aromatic N) is 2. The predicted octanol–water partition coefficient (Wildman–Crippen LogP) is 4.65. The zero-order chi connectivity index (χ0) is 26.1. The smallest absolute Gasteiger partial charge is 0.270 e. The van der Waals surface area contributed by atoms with Crippen LogP contribution < -0.4 is 10.6 Å². The van der Waals surface area contributed by atoms with Gasteiger partial charge < -0.3 is 20.6 Å². The first-order valence-electron chi connectivity index (χ1n) is 11.0. The number of hydrogen-bond donors (Lipinski definition) is 4. The van der Waals surface area contributed by atoms with E-state index >= 15 is 0 Å². The molecule has 0 saturated carbocycles. The number of nitro benzene ring substituents is 2. The van der Waals surface area contributed by atoms with E-state index in [4.69, 9.17) is 0 Å². The fraction of sp³-hybridized carbons (Fsp3) is 0.0400. The summed E-state index contributed by atoms with van der Waals surface area (Å²) in [7, 11) is 0. The molecule has 5 aromatic rings. The molecular weight excluding hydrogens is 480 g/mol. The molecule has 5 rings (SSSR count). The number of aromatic amines is 2. The molecule has 12 heteroatoms. The summed E-state index contributed by atoms with van der Waals surface area (Å²) < 4.78 is 0. The van der Waals surface area contributed by atoms with E-state index in [2.05, 4.69) is 20.6 Å². The number of aromatic nitrogens is 2. The Morgan fingerprint density at radius 2 is 1.32 bits per heavy atom. The lowest BCUT2D eigenvalue weighted by atomic mass is 10.1. The van der Waals surface area contributed by atoms with Gasteiger partial charge in [0, 0.05) is 70.7 Å². The van der Waals surface area contributed by atoms with Crippen molar-refractivity contribution < 1.29 is 19.4 Å². The number of carbonyl (C=O) groups excluding carboxylic acids is 2. The van der Waals surface area contributed by atoms with Crippen LogP contribution in [0.4, 0.5) is 17.1 Å². The third-order valence-electron chi connectivity index (χ3n) is 5.88. The highest BCUT2D eigenvalue weighted by molar-refractivity contribution is 6.13. The highest BCUT2D eigenvalue weighted by atomic mass is 16.6. The fourth-order valence-electron chi connectivity index (χ4n) is 4.06. The van der Waals surface area contributed by atoms with Gasteiger partial charge in [-0.1, -0.05) is 12.1 Å². The summed E-state index contributed by atoms with van der Waals surface area (Å²) >= 11 is 0. The zero-order valence-corrected chi connectivity index (χ0v) is 19.0. The van der Waals surface area contributed by atoms with Gasteiger partial charge >= 0.3 is 0 Å².